The van der Waals surface area contributed by atoms with Gasteiger partial charge in [-0.2, -0.15) is 0 Å². The van der Waals surface area contributed by atoms with Gasteiger partial charge in [-0.3, -0.25) is 4.79 Å². The summed E-state index contributed by atoms with van der Waals surface area (Å²) in [5.74, 6) is -1.22. The van der Waals surface area contributed by atoms with Crippen LogP contribution in [0.1, 0.15) is 37.0 Å². The maximum atomic E-state index is 12.3. The molecule has 1 rings (SSSR count). The van der Waals surface area contributed by atoms with Crippen molar-refractivity contribution >= 4 is 23.6 Å². The number of benzene rings is 1. The lowest BCUT2D eigenvalue weighted by Crippen LogP contribution is -2.42. The number of aliphatic carboxylic acids is 1. The minimum Gasteiger partial charge on any atom is -0.480 e. The van der Waals surface area contributed by atoms with Gasteiger partial charge in [0, 0.05) is 0 Å². The van der Waals surface area contributed by atoms with Crippen LogP contribution in [0.5, 0.6) is 0 Å². The van der Waals surface area contributed by atoms with E-state index in [1.54, 1.807) is 0 Å². The molecule has 0 aliphatic carbocycles. The third-order valence-corrected chi connectivity index (χ3v) is 3.99. The largest absolute Gasteiger partial charge is 0.480 e. The highest BCUT2D eigenvalue weighted by molar-refractivity contribution is 7.99. The third-order valence-electron chi connectivity index (χ3n) is 3.04. The van der Waals surface area contributed by atoms with Crippen LogP contribution in [0.3, 0.4) is 0 Å². The van der Waals surface area contributed by atoms with E-state index in [4.69, 9.17) is 5.11 Å². The van der Waals surface area contributed by atoms with Gasteiger partial charge in [0.2, 0.25) is 5.91 Å². The zero-order valence-electron chi connectivity index (χ0n) is 11.8. The third kappa shape index (κ3) is 4.89. The van der Waals surface area contributed by atoms with Gasteiger partial charge in [0.15, 0.2) is 0 Å². The number of carboxylic acids is 1. The van der Waals surface area contributed by atoms with E-state index in [9.17, 15) is 9.59 Å². The minimum absolute atomic E-state index is 0.243. The number of thioether (sulfide) groups is 1. The molecule has 1 aromatic rings. The van der Waals surface area contributed by atoms with Crippen LogP contribution >= 0.6 is 11.8 Å². The summed E-state index contributed by atoms with van der Waals surface area (Å²) in [5, 5.41) is 11.4. The van der Waals surface area contributed by atoms with Crippen LogP contribution in [0.15, 0.2) is 30.3 Å². The molecule has 4 nitrogen and oxygen atoms in total. The van der Waals surface area contributed by atoms with E-state index < -0.39 is 12.0 Å². The molecule has 2 N–H and O–H groups in total. The molecule has 0 heterocycles. The summed E-state index contributed by atoms with van der Waals surface area (Å²) in [4.78, 5) is 23.4. The van der Waals surface area contributed by atoms with Crippen LogP contribution in [-0.4, -0.2) is 29.3 Å². The molecule has 0 saturated carbocycles. The molecule has 0 aliphatic rings. The Kier molecular flexibility index (Phi) is 7.15. The number of carbonyl (C=O) groups excluding carboxylic acids is 1. The lowest BCUT2D eigenvalue weighted by atomic mass is 10.1. The van der Waals surface area contributed by atoms with Crippen molar-refractivity contribution in [1.29, 1.82) is 0 Å². The van der Waals surface area contributed by atoms with Crippen molar-refractivity contribution in [3.63, 3.8) is 0 Å². The number of hydrogen-bond donors (Lipinski definition) is 2. The molecule has 1 amide bonds. The molecule has 1 unspecified atom stereocenters. The molecular weight excluding hydrogens is 274 g/mol. The molecule has 110 valence electrons. The Balaban J connectivity index is 2.73. The molecule has 0 fully saturated rings. The van der Waals surface area contributed by atoms with Crippen LogP contribution in [-0.2, 0) is 9.59 Å². The lowest BCUT2D eigenvalue weighted by Gasteiger charge is -2.19. The maximum absolute atomic E-state index is 12.3. The maximum Gasteiger partial charge on any atom is 0.326 e. The summed E-state index contributed by atoms with van der Waals surface area (Å²) in [6, 6.07) is 8.58. The number of carbonyl (C=O) groups is 2. The van der Waals surface area contributed by atoms with Crippen LogP contribution in [0.2, 0.25) is 0 Å². The van der Waals surface area contributed by atoms with E-state index in [1.807, 2.05) is 43.5 Å². The summed E-state index contributed by atoms with van der Waals surface area (Å²) < 4.78 is 0. The Morgan fingerprint density at radius 3 is 2.45 bits per heavy atom. The first-order valence-electron chi connectivity index (χ1n) is 6.71. The highest BCUT2D eigenvalue weighted by Crippen LogP contribution is 2.26. The Labute approximate surface area is 124 Å². The van der Waals surface area contributed by atoms with Gasteiger partial charge in [0.25, 0.3) is 0 Å². The topological polar surface area (TPSA) is 66.4 Å². The number of rotatable bonds is 8. The predicted octanol–water partition coefficient (Wildman–Crippen LogP) is 2.85. The van der Waals surface area contributed by atoms with Gasteiger partial charge in [0.1, 0.15) is 11.3 Å². The second-order valence-electron chi connectivity index (χ2n) is 4.57. The molecule has 0 saturated heterocycles. The van der Waals surface area contributed by atoms with E-state index in [0.29, 0.717) is 6.42 Å². The second kappa shape index (κ2) is 8.64. The average Bonchev–Trinajstić information content (AvgIpc) is 2.45. The standard InChI is InChI=1S/C15H21NO3S/c1-3-4-10-12(15(18)19)16-14(17)13(20-2)11-8-6-5-7-9-11/h5-9,12-13H,3-4,10H2,1-2H3,(H,16,17)(H,18,19)/t12-,13?/m0/s1. The van der Waals surface area contributed by atoms with Crippen molar-refractivity contribution < 1.29 is 14.7 Å². The summed E-state index contributed by atoms with van der Waals surface area (Å²) in [5.41, 5.74) is 0.886. The van der Waals surface area contributed by atoms with Gasteiger partial charge in [-0.1, -0.05) is 50.1 Å². The number of unbranched alkanes of at least 4 members (excludes halogenated alkanes) is 1. The molecular formula is C15H21NO3S. The molecule has 20 heavy (non-hydrogen) atoms. The first-order valence-corrected chi connectivity index (χ1v) is 7.99. The van der Waals surface area contributed by atoms with Crippen molar-refractivity contribution in [2.75, 3.05) is 6.26 Å². The molecule has 0 radical (unpaired) electrons. The predicted molar refractivity (Wildman–Crippen MR) is 81.8 cm³/mol. The zero-order valence-corrected chi connectivity index (χ0v) is 12.7. The molecule has 0 spiro atoms. The van der Waals surface area contributed by atoms with Gasteiger partial charge in [-0.15, -0.1) is 11.8 Å². The smallest absolute Gasteiger partial charge is 0.326 e. The average molecular weight is 295 g/mol. The highest BCUT2D eigenvalue weighted by Gasteiger charge is 2.25. The van der Waals surface area contributed by atoms with E-state index in [1.165, 1.54) is 11.8 Å². The van der Waals surface area contributed by atoms with Crippen molar-refractivity contribution in [2.24, 2.45) is 0 Å². The molecule has 5 heteroatoms. The van der Waals surface area contributed by atoms with Gasteiger partial charge < -0.3 is 10.4 Å². The van der Waals surface area contributed by atoms with Gasteiger partial charge in [0.05, 0.1) is 0 Å². The second-order valence-corrected chi connectivity index (χ2v) is 5.51. The molecule has 2 atom stereocenters. The molecule has 1 aromatic carbocycles. The summed E-state index contributed by atoms with van der Waals surface area (Å²) in [6.45, 7) is 2.00. The highest BCUT2D eigenvalue weighted by atomic mass is 32.2. The van der Waals surface area contributed by atoms with E-state index >= 15 is 0 Å². The van der Waals surface area contributed by atoms with Gasteiger partial charge in [-0.25, -0.2) is 4.79 Å². The number of amides is 1. The fraction of sp³-hybridized carbons (Fsp3) is 0.467. The number of nitrogens with one attached hydrogen (secondary N) is 1. The number of carboxylic acid groups (broad SMARTS) is 1. The Morgan fingerprint density at radius 1 is 1.30 bits per heavy atom. The van der Waals surface area contributed by atoms with Gasteiger partial charge in [-0.05, 0) is 18.2 Å². The quantitative estimate of drug-likeness (QED) is 0.774. The van der Waals surface area contributed by atoms with Crippen LogP contribution in [0, 0.1) is 0 Å². The zero-order chi connectivity index (χ0) is 15.0. The van der Waals surface area contributed by atoms with Crippen molar-refractivity contribution in [3.8, 4) is 0 Å². The van der Waals surface area contributed by atoms with Crippen molar-refractivity contribution in [1.82, 2.24) is 5.32 Å². The van der Waals surface area contributed by atoms with Crippen molar-refractivity contribution in [3.05, 3.63) is 35.9 Å². The fourth-order valence-electron chi connectivity index (χ4n) is 1.94. The minimum atomic E-state index is -0.972. The fourth-order valence-corrected chi connectivity index (χ4v) is 2.65. The first-order chi connectivity index (χ1) is 9.60. The summed E-state index contributed by atoms with van der Waals surface area (Å²) in [6.07, 6.45) is 4.00. The summed E-state index contributed by atoms with van der Waals surface area (Å²) in [7, 11) is 0. The van der Waals surface area contributed by atoms with Gasteiger partial charge >= 0.3 is 5.97 Å². The van der Waals surface area contributed by atoms with Crippen LogP contribution < -0.4 is 5.32 Å². The molecule has 0 aromatic heterocycles. The van der Waals surface area contributed by atoms with Crippen molar-refractivity contribution in [2.45, 2.75) is 37.5 Å². The van der Waals surface area contributed by atoms with E-state index in [0.717, 1.165) is 18.4 Å². The normalized spacial score (nSPS) is 13.5. The van der Waals surface area contributed by atoms with E-state index in [-0.39, 0.29) is 11.2 Å². The Bertz CT molecular complexity index is 436. The summed E-state index contributed by atoms with van der Waals surface area (Å²) >= 11 is 1.40. The first kappa shape index (κ1) is 16.6. The Hall–Kier alpha value is -1.49. The van der Waals surface area contributed by atoms with Crippen LogP contribution in [0.4, 0.5) is 0 Å². The molecule has 0 bridgehead atoms. The van der Waals surface area contributed by atoms with E-state index in [2.05, 4.69) is 5.32 Å². The van der Waals surface area contributed by atoms with Crippen LogP contribution in [0.25, 0.3) is 0 Å². The Morgan fingerprint density at radius 2 is 1.95 bits per heavy atom. The number of hydrogen-bond acceptors (Lipinski definition) is 3. The molecule has 0 aliphatic heterocycles. The SMILES string of the molecule is CCCC[C@H](NC(=O)C(SC)c1ccccc1)C(=O)O. The monoisotopic (exact) mass is 295 g/mol. The lowest BCUT2D eigenvalue weighted by molar-refractivity contribution is -0.142.